The second-order valence-corrected chi connectivity index (χ2v) is 14.1. The van der Waals surface area contributed by atoms with Crippen LogP contribution in [0.25, 0.3) is 110 Å². The van der Waals surface area contributed by atoms with Crippen LogP contribution in [0.3, 0.4) is 0 Å². The number of para-hydroxylation sites is 4. The van der Waals surface area contributed by atoms with E-state index < -0.39 is 0 Å². The highest BCUT2D eigenvalue weighted by Gasteiger charge is 2.20. The molecule has 0 spiro atoms. The summed E-state index contributed by atoms with van der Waals surface area (Å²) in [4.78, 5) is 20.1. The van der Waals surface area contributed by atoms with Gasteiger partial charge in [0.1, 0.15) is 16.7 Å². The fraction of sp³-hybridized carbons (Fsp3) is 0. The van der Waals surface area contributed by atoms with Crippen LogP contribution in [0.4, 0.5) is 0 Å². The van der Waals surface area contributed by atoms with Crippen LogP contribution < -0.4 is 0 Å². The van der Waals surface area contributed by atoms with Crippen molar-refractivity contribution in [1.29, 1.82) is 0 Å². The highest BCUT2D eigenvalue weighted by atomic mass is 32.1. The minimum Gasteiger partial charge on any atom is -0.455 e. The Balaban J connectivity index is 1.10. The molecule has 0 aliphatic rings. The first kappa shape index (κ1) is 29.7. The van der Waals surface area contributed by atoms with Gasteiger partial charge in [-0.1, -0.05) is 103 Å². The smallest absolute Gasteiger partial charge is 0.227 e. The molecule has 0 atom stereocenters. The lowest BCUT2D eigenvalue weighted by molar-refractivity contribution is 0.620. The molecule has 4 heterocycles. The predicted octanol–water partition coefficient (Wildman–Crippen LogP) is 12.6. The van der Waals surface area contributed by atoms with Crippen LogP contribution in [-0.2, 0) is 0 Å². The SMILES string of the molecule is c1ccc(-c2nc(-c3cccc4c3oc3ccccc34)nc(-c3cccc4sc5ccc(-c6cccc(-c7nc8ccccc8o7)c6)cc5c34)n2)cc1. The first-order chi connectivity index (χ1) is 26.2. The topological polar surface area (TPSA) is 77.8 Å². The normalized spacial score (nSPS) is 11.8. The number of thiophene rings is 1. The fourth-order valence-corrected chi connectivity index (χ4v) is 8.39. The molecule has 0 fully saturated rings. The second-order valence-electron chi connectivity index (χ2n) is 13.0. The molecular weight excluding hydrogens is 673 g/mol. The summed E-state index contributed by atoms with van der Waals surface area (Å²) in [5.74, 6) is 2.38. The summed E-state index contributed by atoms with van der Waals surface area (Å²) in [7, 11) is 0. The van der Waals surface area contributed by atoms with Crippen molar-refractivity contribution >= 4 is 64.5 Å². The Hall–Kier alpha value is -6.96. The van der Waals surface area contributed by atoms with Gasteiger partial charge in [-0.3, -0.25) is 0 Å². The Morgan fingerprint density at radius 3 is 1.98 bits per heavy atom. The van der Waals surface area contributed by atoms with Crippen molar-refractivity contribution < 1.29 is 8.83 Å². The largest absolute Gasteiger partial charge is 0.455 e. The Kier molecular flexibility index (Phi) is 6.62. The van der Waals surface area contributed by atoms with Crippen molar-refractivity contribution in [1.82, 2.24) is 19.9 Å². The van der Waals surface area contributed by atoms with Gasteiger partial charge in [0.15, 0.2) is 23.1 Å². The van der Waals surface area contributed by atoms with Crippen molar-refractivity contribution in [2.45, 2.75) is 0 Å². The van der Waals surface area contributed by atoms with E-state index in [0.29, 0.717) is 23.4 Å². The van der Waals surface area contributed by atoms with Gasteiger partial charge in [-0.15, -0.1) is 11.3 Å². The first-order valence-electron chi connectivity index (χ1n) is 17.4. The predicted molar refractivity (Wildman–Crippen MR) is 215 cm³/mol. The van der Waals surface area contributed by atoms with E-state index in [1.807, 2.05) is 91.0 Å². The molecule has 0 radical (unpaired) electrons. The van der Waals surface area contributed by atoms with Crippen molar-refractivity contribution in [3.05, 3.63) is 158 Å². The Morgan fingerprint density at radius 2 is 1.08 bits per heavy atom. The molecule has 0 N–H and O–H groups in total. The molecule has 53 heavy (non-hydrogen) atoms. The third-order valence-corrected chi connectivity index (χ3v) is 10.9. The van der Waals surface area contributed by atoms with E-state index in [1.54, 1.807) is 11.3 Å². The zero-order chi connectivity index (χ0) is 34.9. The number of hydrogen-bond acceptors (Lipinski definition) is 7. The first-order valence-corrected chi connectivity index (χ1v) is 18.2. The van der Waals surface area contributed by atoms with Crippen LogP contribution in [0.5, 0.6) is 0 Å². The molecule has 7 heteroatoms. The molecule has 11 rings (SSSR count). The van der Waals surface area contributed by atoms with Crippen LogP contribution in [0.1, 0.15) is 0 Å². The van der Waals surface area contributed by atoms with Gasteiger partial charge in [0, 0.05) is 47.6 Å². The van der Waals surface area contributed by atoms with E-state index in [2.05, 4.69) is 66.7 Å². The Morgan fingerprint density at radius 1 is 0.396 bits per heavy atom. The molecule has 0 saturated carbocycles. The fourth-order valence-electron chi connectivity index (χ4n) is 7.28. The van der Waals surface area contributed by atoms with E-state index in [4.69, 9.17) is 28.8 Å². The number of aromatic nitrogens is 4. The molecule has 4 aromatic heterocycles. The highest BCUT2D eigenvalue weighted by Crippen LogP contribution is 2.42. The van der Waals surface area contributed by atoms with E-state index in [0.717, 1.165) is 81.9 Å². The average Bonchev–Trinajstić information content (AvgIpc) is 3.94. The van der Waals surface area contributed by atoms with Gasteiger partial charge in [0.05, 0.1) is 5.56 Å². The van der Waals surface area contributed by atoms with Gasteiger partial charge < -0.3 is 8.83 Å². The summed E-state index contributed by atoms with van der Waals surface area (Å²) in [6.45, 7) is 0. The van der Waals surface area contributed by atoms with E-state index in [-0.39, 0.29) is 0 Å². The van der Waals surface area contributed by atoms with E-state index in [1.165, 1.54) is 4.70 Å². The van der Waals surface area contributed by atoms with E-state index >= 15 is 0 Å². The molecule has 0 saturated heterocycles. The molecule has 11 aromatic rings. The van der Waals surface area contributed by atoms with Crippen molar-refractivity contribution in [3.8, 4) is 56.7 Å². The highest BCUT2D eigenvalue weighted by molar-refractivity contribution is 7.26. The maximum atomic E-state index is 6.44. The summed E-state index contributed by atoms with van der Waals surface area (Å²) >= 11 is 1.77. The average molecular weight is 699 g/mol. The summed E-state index contributed by atoms with van der Waals surface area (Å²) < 4.78 is 14.9. The lowest BCUT2D eigenvalue weighted by atomic mass is 9.99. The summed E-state index contributed by atoms with van der Waals surface area (Å²) in [5.41, 5.74) is 9.00. The number of hydrogen-bond donors (Lipinski definition) is 0. The molecule has 0 aliphatic heterocycles. The van der Waals surface area contributed by atoms with Gasteiger partial charge in [-0.05, 0) is 65.7 Å². The van der Waals surface area contributed by atoms with Gasteiger partial charge in [0.2, 0.25) is 5.89 Å². The summed E-state index contributed by atoms with van der Waals surface area (Å²) in [6.07, 6.45) is 0. The van der Waals surface area contributed by atoms with Crippen molar-refractivity contribution in [2.24, 2.45) is 0 Å². The third kappa shape index (κ3) is 4.93. The molecule has 0 unspecified atom stereocenters. The molecule has 6 nitrogen and oxygen atoms in total. The standard InChI is InChI=1S/C46H26N4O2S/c1-2-11-27(12-3-1)43-48-44(50-45(49-43)34-18-9-16-32-31-15-4-6-20-37(31)51-42(32)34)33-17-10-22-40-41(33)35-26-29(23-24-39(35)53-40)28-13-8-14-30(25-28)46-47-36-19-5-7-21-38(36)52-46/h1-26H. The lowest BCUT2D eigenvalue weighted by Crippen LogP contribution is -2.00. The molecular formula is C46H26N4O2S. The maximum Gasteiger partial charge on any atom is 0.227 e. The molecule has 7 aromatic carbocycles. The molecule has 0 amide bonds. The molecule has 0 bridgehead atoms. The number of furan rings is 1. The Labute approximate surface area is 306 Å². The monoisotopic (exact) mass is 698 g/mol. The summed E-state index contributed by atoms with van der Waals surface area (Å²) in [5, 5.41) is 4.35. The zero-order valence-corrected chi connectivity index (χ0v) is 28.8. The minimum atomic E-state index is 0.562. The Bertz CT molecular complexity index is 3160. The minimum absolute atomic E-state index is 0.562. The van der Waals surface area contributed by atoms with Gasteiger partial charge >= 0.3 is 0 Å². The van der Waals surface area contributed by atoms with Gasteiger partial charge in [-0.25, -0.2) is 19.9 Å². The van der Waals surface area contributed by atoms with Crippen LogP contribution >= 0.6 is 11.3 Å². The summed E-state index contributed by atoms with van der Waals surface area (Å²) in [6, 6.07) is 53.6. The van der Waals surface area contributed by atoms with Crippen LogP contribution in [-0.4, -0.2) is 19.9 Å². The number of nitrogens with zero attached hydrogens (tertiary/aromatic N) is 4. The quantitative estimate of drug-likeness (QED) is 0.178. The number of fused-ring (bicyclic) bond motifs is 7. The van der Waals surface area contributed by atoms with E-state index in [9.17, 15) is 0 Å². The van der Waals surface area contributed by atoms with Crippen LogP contribution in [0.2, 0.25) is 0 Å². The number of rotatable bonds is 5. The van der Waals surface area contributed by atoms with Crippen LogP contribution in [0.15, 0.2) is 167 Å². The van der Waals surface area contributed by atoms with Gasteiger partial charge in [-0.2, -0.15) is 0 Å². The van der Waals surface area contributed by atoms with Crippen molar-refractivity contribution in [2.75, 3.05) is 0 Å². The van der Waals surface area contributed by atoms with Crippen molar-refractivity contribution in [3.63, 3.8) is 0 Å². The number of benzene rings is 7. The molecule has 0 aliphatic carbocycles. The zero-order valence-electron chi connectivity index (χ0n) is 28.0. The maximum absolute atomic E-state index is 6.44. The lowest BCUT2D eigenvalue weighted by Gasteiger charge is -2.10. The second kappa shape index (κ2) is 11.8. The van der Waals surface area contributed by atoms with Crippen LogP contribution in [0, 0.1) is 0 Å². The number of oxazole rings is 1. The van der Waals surface area contributed by atoms with Gasteiger partial charge in [0.25, 0.3) is 0 Å². The third-order valence-electron chi connectivity index (χ3n) is 9.79. The molecule has 248 valence electrons.